The Balaban J connectivity index is 1.79. The Morgan fingerprint density at radius 3 is 1.35 bits per heavy atom. The summed E-state index contributed by atoms with van der Waals surface area (Å²) in [6.07, 6.45) is -0.699. The number of sulfone groups is 1. The summed E-state index contributed by atoms with van der Waals surface area (Å²) in [5.74, 6) is -2.21. The van der Waals surface area contributed by atoms with Crippen molar-refractivity contribution in [3.8, 4) is 0 Å². The van der Waals surface area contributed by atoms with E-state index in [2.05, 4.69) is 0 Å². The van der Waals surface area contributed by atoms with Gasteiger partial charge in [0.25, 0.3) is 0 Å². The Kier molecular flexibility index (Phi) is 11.2. The van der Waals surface area contributed by atoms with Crippen molar-refractivity contribution in [3.63, 3.8) is 0 Å². The Hall–Kier alpha value is -4.36. The zero-order valence-electron chi connectivity index (χ0n) is 25.8. The summed E-state index contributed by atoms with van der Waals surface area (Å²) in [6, 6.07) is 24.3. The average molecular weight is 723 g/mol. The molecule has 0 aromatic heterocycles. The Bertz CT molecular complexity index is 1860. The average Bonchev–Trinajstić information content (AvgIpc) is 3.06. The molecule has 0 saturated heterocycles. The van der Waals surface area contributed by atoms with Crippen molar-refractivity contribution in [2.45, 2.75) is 37.0 Å². The lowest BCUT2D eigenvalue weighted by Gasteiger charge is -2.30. The lowest BCUT2D eigenvalue weighted by Crippen LogP contribution is -2.45. The fraction of sp³-hybridized carbons (Fsp3) is 0.235. The Morgan fingerprint density at radius 2 is 1.00 bits per heavy atom. The Morgan fingerprint density at radius 1 is 0.633 bits per heavy atom. The van der Waals surface area contributed by atoms with Gasteiger partial charge in [-0.05, 0) is 35.1 Å². The zero-order chi connectivity index (χ0) is 36.1. The van der Waals surface area contributed by atoms with Crippen LogP contribution in [0.5, 0.6) is 0 Å². The van der Waals surface area contributed by atoms with Gasteiger partial charge in [0.05, 0.1) is 0 Å². The molecule has 0 aliphatic carbocycles. The molecule has 0 unspecified atom stereocenters. The molecule has 4 rings (SSSR count). The first-order valence-corrected chi connectivity index (χ1v) is 18.0. The number of benzene rings is 4. The number of hydrogen-bond donors (Lipinski definition) is 2. The molecule has 0 heterocycles. The molecule has 0 atom stereocenters. The van der Waals surface area contributed by atoms with Crippen LogP contribution in [0.4, 0.5) is 17.6 Å². The van der Waals surface area contributed by atoms with Crippen LogP contribution in [0, 0.1) is 5.41 Å². The van der Waals surface area contributed by atoms with Crippen molar-refractivity contribution >= 4 is 29.4 Å². The van der Waals surface area contributed by atoms with E-state index in [-0.39, 0.29) is 24.3 Å². The normalized spacial score (nSPS) is 12.7. The maximum absolute atomic E-state index is 14.6. The summed E-state index contributed by atoms with van der Waals surface area (Å²) in [6.45, 7) is -0.583. The van der Waals surface area contributed by atoms with Crippen LogP contribution in [-0.4, -0.2) is 36.4 Å². The standard InChI is InChI=1S/C34H31F4O9PS/c1-49(44,45)34(37,38)29-18-14-25(15-19-29)21-32(30(39)46-22-26-8-4-2-5-9-26,31(40)47-23-27-10-6-3-7-11-27)20-24-12-16-28(17-13-24)33(35,36)48(41,42)43/h2-19H,20-23H2,1H3,(H2,41,42,43). The Labute approximate surface area is 279 Å². The first kappa shape index (κ1) is 37.5. The highest BCUT2D eigenvalue weighted by Crippen LogP contribution is 2.59. The van der Waals surface area contributed by atoms with Crippen LogP contribution in [0.15, 0.2) is 109 Å². The van der Waals surface area contributed by atoms with Crippen molar-refractivity contribution < 1.29 is 59.4 Å². The molecular formula is C34H31F4O9PS. The number of esters is 2. The molecule has 0 fully saturated rings. The summed E-state index contributed by atoms with van der Waals surface area (Å²) in [7, 11) is -10.7. The SMILES string of the molecule is CS(=O)(=O)C(F)(F)c1ccc(CC(Cc2ccc(C(F)(F)P(=O)(O)O)cc2)(C(=O)OCc2ccccc2)C(=O)OCc2ccccc2)cc1. The van der Waals surface area contributed by atoms with Crippen molar-refractivity contribution in [1.29, 1.82) is 0 Å². The molecule has 0 saturated carbocycles. The van der Waals surface area contributed by atoms with Gasteiger partial charge in [0.2, 0.25) is 9.84 Å². The van der Waals surface area contributed by atoms with Crippen LogP contribution >= 0.6 is 7.60 Å². The van der Waals surface area contributed by atoms with Gasteiger partial charge in [-0.15, -0.1) is 0 Å². The van der Waals surface area contributed by atoms with Crippen LogP contribution in [0.2, 0.25) is 0 Å². The molecule has 49 heavy (non-hydrogen) atoms. The fourth-order valence-electron chi connectivity index (χ4n) is 4.88. The molecule has 0 aliphatic rings. The van der Waals surface area contributed by atoms with Crippen LogP contribution < -0.4 is 0 Å². The first-order chi connectivity index (χ1) is 22.9. The summed E-state index contributed by atoms with van der Waals surface area (Å²) in [4.78, 5) is 46.4. The summed E-state index contributed by atoms with van der Waals surface area (Å²) in [5, 5.41) is -4.23. The van der Waals surface area contributed by atoms with E-state index in [1.165, 1.54) is 0 Å². The van der Waals surface area contributed by atoms with Gasteiger partial charge in [0.1, 0.15) is 13.2 Å². The molecule has 0 bridgehead atoms. The molecule has 0 radical (unpaired) electrons. The van der Waals surface area contributed by atoms with E-state index >= 15 is 0 Å². The van der Waals surface area contributed by atoms with E-state index in [0.29, 0.717) is 17.4 Å². The number of rotatable bonds is 14. The summed E-state index contributed by atoms with van der Waals surface area (Å²) in [5.41, 5.74) is -7.36. The third-order valence-electron chi connectivity index (χ3n) is 7.64. The molecule has 0 amide bonds. The van der Waals surface area contributed by atoms with Gasteiger partial charge in [0.15, 0.2) is 5.41 Å². The number of halogens is 4. The highest BCUT2D eigenvalue weighted by atomic mass is 32.2. The van der Waals surface area contributed by atoms with Gasteiger partial charge in [-0.1, -0.05) is 109 Å². The lowest BCUT2D eigenvalue weighted by molar-refractivity contribution is -0.174. The molecule has 0 spiro atoms. The number of carbonyl (C=O) groups is 2. The minimum absolute atomic E-state index is 0.0822. The predicted octanol–water partition coefficient (Wildman–Crippen LogP) is 6.27. The molecule has 2 N–H and O–H groups in total. The van der Waals surface area contributed by atoms with Crippen LogP contribution in [-0.2, 0) is 70.4 Å². The molecule has 4 aromatic rings. The molecular weight excluding hydrogens is 691 g/mol. The second-order valence-electron chi connectivity index (χ2n) is 11.3. The van der Waals surface area contributed by atoms with Gasteiger partial charge < -0.3 is 19.3 Å². The smallest absolute Gasteiger partial charge is 0.399 e. The number of alkyl halides is 4. The maximum Gasteiger partial charge on any atom is 0.399 e. The second kappa shape index (κ2) is 14.6. The highest BCUT2D eigenvalue weighted by molar-refractivity contribution is 7.91. The van der Waals surface area contributed by atoms with E-state index < -0.39 is 69.7 Å². The van der Waals surface area contributed by atoms with E-state index in [9.17, 15) is 40.1 Å². The minimum Gasteiger partial charge on any atom is -0.460 e. The highest BCUT2D eigenvalue weighted by Gasteiger charge is 2.52. The monoisotopic (exact) mass is 722 g/mol. The van der Waals surface area contributed by atoms with Gasteiger partial charge in [0, 0.05) is 17.4 Å². The molecule has 15 heteroatoms. The van der Waals surface area contributed by atoms with Gasteiger partial charge in [-0.3, -0.25) is 14.2 Å². The minimum atomic E-state index is -5.90. The zero-order valence-corrected chi connectivity index (χ0v) is 27.6. The van der Waals surface area contributed by atoms with Crippen LogP contribution in [0.1, 0.15) is 33.4 Å². The van der Waals surface area contributed by atoms with Gasteiger partial charge in [-0.25, -0.2) is 8.42 Å². The summed E-state index contributed by atoms with van der Waals surface area (Å²) < 4.78 is 104. The van der Waals surface area contributed by atoms with Crippen molar-refractivity contribution in [2.24, 2.45) is 5.41 Å². The predicted molar refractivity (Wildman–Crippen MR) is 170 cm³/mol. The van der Waals surface area contributed by atoms with Crippen molar-refractivity contribution in [1.82, 2.24) is 0 Å². The van der Waals surface area contributed by atoms with E-state index in [1.54, 1.807) is 60.7 Å². The van der Waals surface area contributed by atoms with Crippen LogP contribution in [0.25, 0.3) is 0 Å². The van der Waals surface area contributed by atoms with Gasteiger partial charge >= 0.3 is 30.5 Å². The molecule has 260 valence electrons. The number of carbonyl (C=O) groups excluding carboxylic acids is 2. The fourth-order valence-corrected chi connectivity index (χ4v) is 5.93. The van der Waals surface area contributed by atoms with E-state index in [1.807, 2.05) is 0 Å². The van der Waals surface area contributed by atoms with E-state index in [4.69, 9.17) is 19.3 Å². The third-order valence-corrected chi connectivity index (χ3v) is 9.80. The molecule has 4 aromatic carbocycles. The third kappa shape index (κ3) is 8.63. The summed E-state index contributed by atoms with van der Waals surface area (Å²) >= 11 is 0. The van der Waals surface area contributed by atoms with Gasteiger partial charge in [-0.2, -0.15) is 17.6 Å². The topological polar surface area (TPSA) is 144 Å². The number of ether oxygens (including phenoxy) is 2. The van der Waals surface area contributed by atoms with Crippen molar-refractivity contribution in [2.75, 3.05) is 6.26 Å². The quantitative estimate of drug-likeness (QED) is 0.0667. The molecule has 0 aliphatic heterocycles. The lowest BCUT2D eigenvalue weighted by atomic mass is 9.76. The maximum atomic E-state index is 14.6. The molecule has 9 nitrogen and oxygen atoms in total. The van der Waals surface area contributed by atoms with Crippen LogP contribution in [0.3, 0.4) is 0 Å². The number of hydrogen-bond acceptors (Lipinski definition) is 7. The largest absolute Gasteiger partial charge is 0.460 e. The first-order valence-electron chi connectivity index (χ1n) is 14.5. The van der Waals surface area contributed by atoms with Crippen molar-refractivity contribution in [3.05, 3.63) is 143 Å². The second-order valence-corrected chi connectivity index (χ2v) is 15.0. The van der Waals surface area contributed by atoms with E-state index in [0.717, 1.165) is 48.5 Å².